The molecule has 0 heterocycles. The molecule has 16 heavy (non-hydrogen) atoms. The Labute approximate surface area is 103 Å². The number of nitrogen functional groups attached to an aromatic ring is 1. The van der Waals surface area contributed by atoms with E-state index >= 15 is 0 Å². The number of anilines is 1. The third-order valence-corrected chi connectivity index (χ3v) is 2.55. The van der Waals surface area contributed by atoms with E-state index < -0.39 is 5.82 Å². The molecule has 0 fully saturated rings. The maximum Gasteiger partial charge on any atom is 0.145 e. The first-order chi connectivity index (χ1) is 7.54. The van der Waals surface area contributed by atoms with Crippen molar-refractivity contribution in [1.29, 1.82) is 0 Å². The summed E-state index contributed by atoms with van der Waals surface area (Å²) in [4.78, 5) is 0. The molecule has 1 aromatic rings. The molecule has 5 heteroatoms. The molecule has 3 nitrogen and oxygen atoms in total. The Balaban J connectivity index is 2.69. The van der Waals surface area contributed by atoms with Crippen LogP contribution in [0.15, 0.2) is 16.6 Å². The van der Waals surface area contributed by atoms with Gasteiger partial charge in [0.15, 0.2) is 0 Å². The summed E-state index contributed by atoms with van der Waals surface area (Å²) in [6.07, 6.45) is -0.164. The van der Waals surface area contributed by atoms with E-state index in [1.165, 1.54) is 12.1 Å². The molecule has 0 saturated carbocycles. The molecule has 0 amide bonds. The predicted octanol–water partition coefficient (Wildman–Crippen LogP) is 2.97. The van der Waals surface area contributed by atoms with Crippen LogP contribution in [-0.2, 0) is 4.74 Å². The minimum Gasteiger partial charge on any atom is -0.486 e. The molecule has 1 aromatic carbocycles. The molecule has 0 aliphatic carbocycles. The Morgan fingerprint density at radius 2 is 2.19 bits per heavy atom. The van der Waals surface area contributed by atoms with Gasteiger partial charge >= 0.3 is 0 Å². The van der Waals surface area contributed by atoms with Crippen LogP contribution >= 0.6 is 15.9 Å². The highest BCUT2D eigenvalue weighted by Crippen LogP contribution is 2.29. The highest BCUT2D eigenvalue weighted by molar-refractivity contribution is 9.10. The fourth-order valence-electron chi connectivity index (χ4n) is 1.18. The normalized spacial score (nSPS) is 12.5. The van der Waals surface area contributed by atoms with Gasteiger partial charge in [0, 0.05) is 12.7 Å². The molecule has 0 radical (unpaired) electrons. The van der Waals surface area contributed by atoms with Crippen LogP contribution < -0.4 is 10.5 Å². The number of rotatable bonds is 5. The van der Waals surface area contributed by atoms with Crippen LogP contribution in [0.5, 0.6) is 5.75 Å². The lowest BCUT2D eigenvalue weighted by Crippen LogP contribution is -2.19. The van der Waals surface area contributed by atoms with Crippen molar-refractivity contribution in [2.45, 2.75) is 20.0 Å². The van der Waals surface area contributed by atoms with Crippen LogP contribution in [-0.4, -0.2) is 19.3 Å². The molecule has 0 aromatic heterocycles. The molecular weight excluding hydrogens is 277 g/mol. The average molecular weight is 292 g/mol. The zero-order valence-electron chi connectivity index (χ0n) is 9.30. The van der Waals surface area contributed by atoms with Crippen molar-refractivity contribution >= 4 is 21.6 Å². The quantitative estimate of drug-likeness (QED) is 0.849. The van der Waals surface area contributed by atoms with E-state index in [9.17, 15) is 4.39 Å². The molecule has 0 saturated heterocycles. The number of hydrogen-bond donors (Lipinski definition) is 1. The van der Waals surface area contributed by atoms with Gasteiger partial charge in [-0.05, 0) is 35.8 Å². The van der Waals surface area contributed by atoms with Crippen LogP contribution in [0.1, 0.15) is 13.8 Å². The summed E-state index contributed by atoms with van der Waals surface area (Å²) in [5.74, 6) is -0.0549. The molecule has 2 N–H and O–H groups in total. The van der Waals surface area contributed by atoms with E-state index in [0.717, 1.165) is 0 Å². The Morgan fingerprint density at radius 1 is 1.50 bits per heavy atom. The molecule has 0 aliphatic heterocycles. The van der Waals surface area contributed by atoms with Gasteiger partial charge < -0.3 is 15.2 Å². The topological polar surface area (TPSA) is 44.5 Å². The minimum absolute atomic E-state index is 0.164. The zero-order valence-corrected chi connectivity index (χ0v) is 10.9. The first kappa shape index (κ1) is 13.3. The second kappa shape index (κ2) is 6.06. The minimum atomic E-state index is -0.396. The van der Waals surface area contributed by atoms with Gasteiger partial charge in [-0.3, -0.25) is 0 Å². The average Bonchev–Trinajstić information content (AvgIpc) is 2.23. The fraction of sp³-hybridized carbons (Fsp3) is 0.455. The third kappa shape index (κ3) is 3.64. The lowest BCUT2D eigenvalue weighted by molar-refractivity contribution is 0.0659. The Bertz CT molecular complexity index is 360. The third-order valence-electron chi connectivity index (χ3n) is 1.94. The summed E-state index contributed by atoms with van der Waals surface area (Å²) < 4.78 is 24.2. The second-order valence-corrected chi connectivity index (χ2v) is 4.25. The molecule has 1 atom stereocenters. The maximum atomic E-state index is 13.2. The van der Waals surface area contributed by atoms with Crippen molar-refractivity contribution in [2.24, 2.45) is 0 Å². The van der Waals surface area contributed by atoms with Gasteiger partial charge in [0.2, 0.25) is 0 Å². The summed E-state index contributed by atoms with van der Waals surface area (Å²) in [5.41, 5.74) is 6.10. The van der Waals surface area contributed by atoms with Crippen LogP contribution in [0.3, 0.4) is 0 Å². The first-order valence-corrected chi connectivity index (χ1v) is 5.82. The van der Waals surface area contributed by atoms with E-state index in [-0.39, 0.29) is 6.10 Å². The predicted molar refractivity (Wildman–Crippen MR) is 65.1 cm³/mol. The monoisotopic (exact) mass is 291 g/mol. The molecular formula is C11H15BrFNO2. The van der Waals surface area contributed by atoms with Gasteiger partial charge in [-0.25, -0.2) is 4.39 Å². The highest BCUT2D eigenvalue weighted by Gasteiger charge is 2.10. The molecule has 0 aliphatic rings. The summed E-state index contributed by atoms with van der Waals surface area (Å²) in [6, 6.07) is 2.75. The number of hydrogen-bond acceptors (Lipinski definition) is 3. The summed E-state index contributed by atoms with van der Waals surface area (Å²) in [7, 11) is 0. The summed E-state index contributed by atoms with van der Waals surface area (Å²) in [6.45, 7) is 4.82. The Kier molecular flexibility index (Phi) is 5.02. The van der Waals surface area contributed by atoms with Crippen molar-refractivity contribution < 1.29 is 13.9 Å². The van der Waals surface area contributed by atoms with Gasteiger partial charge in [-0.2, -0.15) is 0 Å². The van der Waals surface area contributed by atoms with Crippen molar-refractivity contribution in [1.82, 2.24) is 0 Å². The number of halogens is 2. The van der Waals surface area contributed by atoms with E-state index in [1.54, 1.807) is 0 Å². The zero-order chi connectivity index (χ0) is 12.1. The maximum absolute atomic E-state index is 13.2. The van der Waals surface area contributed by atoms with Gasteiger partial charge in [0.25, 0.3) is 0 Å². The number of ether oxygens (including phenoxy) is 2. The number of nitrogens with two attached hydrogens (primary N) is 1. The van der Waals surface area contributed by atoms with E-state index in [2.05, 4.69) is 15.9 Å². The molecule has 0 bridgehead atoms. The van der Waals surface area contributed by atoms with Crippen LogP contribution in [0.25, 0.3) is 0 Å². The summed E-state index contributed by atoms with van der Waals surface area (Å²) >= 11 is 3.05. The van der Waals surface area contributed by atoms with E-state index in [1.807, 2.05) is 13.8 Å². The van der Waals surface area contributed by atoms with Crippen LogP contribution in [0, 0.1) is 5.82 Å². The Morgan fingerprint density at radius 3 is 2.81 bits per heavy atom. The SMILES string of the molecule is CCOCC(C)Oc1cc(F)c(Br)cc1N. The fourth-order valence-corrected chi connectivity index (χ4v) is 1.54. The smallest absolute Gasteiger partial charge is 0.145 e. The van der Waals surface area contributed by atoms with E-state index in [4.69, 9.17) is 15.2 Å². The second-order valence-electron chi connectivity index (χ2n) is 3.39. The molecule has 1 unspecified atom stereocenters. The van der Waals surface area contributed by atoms with Gasteiger partial charge in [-0.15, -0.1) is 0 Å². The summed E-state index contributed by atoms with van der Waals surface area (Å²) in [5, 5.41) is 0. The first-order valence-electron chi connectivity index (χ1n) is 5.03. The molecule has 0 spiro atoms. The van der Waals surface area contributed by atoms with Crippen molar-refractivity contribution in [3.63, 3.8) is 0 Å². The van der Waals surface area contributed by atoms with Crippen molar-refractivity contribution in [3.05, 3.63) is 22.4 Å². The van der Waals surface area contributed by atoms with Gasteiger partial charge in [-0.1, -0.05) is 0 Å². The van der Waals surface area contributed by atoms with Gasteiger partial charge in [0.1, 0.15) is 17.7 Å². The molecule has 1 rings (SSSR count). The van der Waals surface area contributed by atoms with Gasteiger partial charge in [0.05, 0.1) is 16.8 Å². The largest absolute Gasteiger partial charge is 0.486 e. The lowest BCUT2D eigenvalue weighted by Gasteiger charge is -2.16. The number of benzene rings is 1. The van der Waals surface area contributed by atoms with Crippen molar-refractivity contribution in [2.75, 3.05) is 18.9 Å². The highest BCUT2D eigenvalue weighted by atomic mass is 79.9. The van der Waals surface area contributed by atoms with Crippen molar-refractivity contribution in [3.8, 4) is 5.75 Å². The standard InChI is InChI=1S/C11H15BrFNO2/c1-3-15-6-7(2)16-11-5-9(13)8(12)4-10(11)14/h4-5,7H,3,6,14H2,1-2H3. The van der Waals surface area contributed by atoms with Crippen LogP contribution in [0.2, 0.25) is 0 Å². The van der Waals surface area contributed by atoms with E-state index in [0.29, 0.717) is 29.1 Å². The molecule has 90 valence electrons. The lowest BCUT2D eigenvalue weighted by atomic mass is 10.3. The van der Waals surface area contributed by atoms with Crippen LogP contribution in [0.4, 0.5) is 10.1 Å². The Hall–Kier alpha value is -0.810.